The summed E-state index contributed by atoms with van der Waals surface area (Å²) in [6, 6.07) is 5.32. The van der Waals surface area contributed by atoms with Crippen molar-refractivity contribution >= 4 is 23.2 Å². The van der Waals surface area contributed by atoms with Crippen LogP contribution in [0, 0.1) is 0 Å². The standard InChI is InChI=1S/C14H17Cl2N3O/c1-3-19-14(13(20-2)8-18-19)12(17)7-9-4-5-10(15)11(16)6-9/h4-6,8,12H,3,7,17H2,1-2H3. The van der Waals surface area contributed by atoms with Gasteiger partial charge in [0.25, 0.3) is 0 Å². The zero-order valence-corrected chi connectivity index (χ0v) is 12.9. The van der Waals surface area contributed by atoms with Crippen molar-refractivity contribution in [2.45, 2.75) is 25.9 Å². The summed E-state index contributed by atoms with van der Waals surface area (Å²) in [6.45, 7) is 2.76. The zero-order valence-electron chi connectivity index (χ0n) is 11.4. The molecule has 0 aliphatic rings. The van der Waals surface area contributed by atoms with Gasteiger partial charge >= 0.3 is 0 Å². The van der Waals surface area contributed by atoms with E-state index in [1.807, 2.05) is 23.7 Å². The Morgan fingerprint density at radius 2 is 2.10 bits per heavy atom. The van der Waals surface area contributed by atoms with Crippen LogP contribution < -0.4 is 10.5 Å². The van der Waals surface area contributed by atoms with Crippen molar-refractivity contribution in [3.63, 3.8) is 0 Å². The molecule has 1 aromatic carbocycles. The lowest BCUT2D eigenvalue weighted by Crippen LogP contribution is -2.19. The van der Waals surface area contributed by atoms with Gasteiger partial charge in [-0.3, -0.25) is 4.68 Å². The summed E-state index contributed by atoms with van der Waals surface area (Å²) in [5.74, 6) is 0.708. The first kappa shape index (κ1) is 15.2. The number of ether oxygens (including phenoxy) is 1. The fourth-order valence-electron chi connectivity index (χ4n) is 2.18. The number of aryl methyl sites for hydroxylation is 1. The highest BCUT2D eigenvalue weighted by atomic mass is 35.5. The van der Waals surface area contributed by atoms with Crippen molar-refractivity contribution in [2.24, 2.45) is 5.73 Å². The summed E-state index contributed by atoms with van der Waals surface area (Å²) in [6.07, 6.45) is 2.33. The van der Waals surface area contributed by atoms with Crippen LogP contribution in [0.1, 0.15) is 24.2 Å². The highest BCUT2D eigenvalue weighted by Crippen LogP contribution is 2.28. The monoisotopic (exact) mass is 313 g/mol. The minimum Gasteiger partial charge on any atom is -0.493 e. The third-order valence-corrected chi connectivity index (χ3v) is 3.89. The molecule has 1 aromatic heterocycles. The molecule has 0 saturated carbocycles. The summed E-state index contributed by atoms with van der Waals surface area (Å²) >= 11 is 11.9. The van der Waals surface area contributed by atoms with Crippen LogP contribution in [0.3, 0.4) is 0 Å². The molecule has 1 atom stereocenters. The molecule has 4 nitrogen and oxygen atoms in total. The van der Waals surface area contributed by atoms with Crippen LogP contribution in [0.5, 0.6) is 5.75 Å². The van der Waals surface area contributed by atoms with Gasteiger partial charge in [-0.25, -0.2) is 0 Å². The summed E-state index contributed by atoms with van der Waals surface area (Å²) in [5.41, 5.74) is 8.21. The van der Waals surface area contributed by atoms with Crippen molar-refractivity contribution in [3.8, 4) is 5.75 Å². The summed E-state index contributed by atoms with van der Waals surface area (Å²) in [7, 11) is 1.62. The average molecular weight is 314 g/mol. The molecule has 2 N–H and O–H groups in total. The second-order valence-corrected chi connectivity index (χ2v) is 5.29. The molecule has 0 fully saturated rings. The number of hydrogen-bond donors (Lipinski definition) is 1. The predicted molar refractivity (Wildman–Crippen MR) is 81.5 cm³/mol. The van der Waals surface area contributed by atoms with Gasteiger partial charge in [0.2, 0.25) is 0 Å². The molecule has 0 radical (unpaired) electrons. The minimum atomic E-state index is -0.218. The van der Waals surface area contributed by atoms with Crippen molar-refractivity contribution in [3.05, 3.63) is 45.7 Å². The number of aromatic nitrogens is 2. The Kier molecular flexibility index (Phi) is 4.91. The van der Waals surface area contributed by atoms with Crippen molar-refractivity contribution < 1.29 is 4.74 Å². The van der Waals surface area contributed by atoms with Crippen LogP contribution >= 0.6 is 23.2 Å². The van der Waals surface area contributed by atoms with E-state index in [0.717, 1.165) is 17.8 Å². The topological polar surface area (TPSA) is 53.1 Å². The maximum atomic E-state index is 6.30. The number of methoxy groups -OCH3 is 1. The second-order valence-electron chi connectivity index (χ2n) is 4.47. The molecule has 2 aromatic rings. The first-order chi connectivity index (χ1) is 9.56. The van der Waals surface area contributed by atoms with Crippen molar-refractivity contribution in [1.29, 1.82) is 0 Å². The zero-order chi connectivity index (χ0) is 14.7. The Bertz CT molecular complexity index is 577. The second kappa shape index (κ2) is 6.48. The fraction of sp³-hybridized carbons (Fsp3) is 0.357. The van der Waals surface area contributed by atoms with Gasteiger partial charge < -0.3 is 10.5 Å². The van der Waals surface area contributed by atoms with Crippen molar-refractivity contribution in [1.82, 2.24) is 9.78 Å². The number of benzene rings is 1. The maximum Gasteiger partial charge on any atom is 0.161 e. The summed E-state index contributed by atoms with van der Waals surface area (Å²) in [4.78, 5) is 0. The Balaban J connectivity index is 2.25. The van der Waals surface area contributed by atoms with Crippen molar-refractivity contribution in [2.75, 3.05) is 7.11 Å². The van der Waals surface area contributed by atoms with Gasteiger partial charge in [-0.2, -0.15) is 5.10 Å². The van der Waals surface area contributed by atoms with E-state index < -0.39 is 0 Å². The minimum absolute atomic E-state index is 0.218. The van der Waals surface area contributed by atoms with Crippen LogP contribution in [0.2, 0.25) is 10.0 Å². The lowest BCUT2D eigenvalue weighted by atomic mass is 10.0. The molecule has 0 bridgehead atoms. The molecule has 1 unspecified atom stereocenters. The van der Waals surface area contributed by atoms with Gasteiger partial charge in [0.1, 0.15) is 0 Å². The quantitative estimate of drug-likeness (QED) is 0.919. The molecule has 0 amide bonds. The normalized spacial score (nSPS) is 12.4. The third kappa shape index (κ3) is 3.08. The smallest absolute Gasteiger partial charge is 0.161 e. The van der Waals surface area contributed by atoms with E-state index in [1.54, 1.807) is 19.4 Å². The van der Waals surface area contributed by atoms with Gasteiger partial charge in [-0.05, 0) is 31.0 Å². The maximum absolute atomic E-state index is 6.30. The van der Waals surface area contributed by atoms with Gasteiger partial charge in [-0.1, -0.05) is 29.3 Å². The number of hydrogen-bond acceptors (Lipinski definition) is 3. The van der Waals surface area contributed by atoms with E-state index in [0.29, 0.717) is 22.2 Å². The first-order valence-electron chi connectivity index (χ1n) is 6.36. The van der Waals surface area contributed by atoms with E-state index in [1.165, 1.54) is 0 Å². The van der Waals surface area contributed by atoms with E-state index in [9.17, 15) is 0 Å². The van der Waals surface area contributed by atoms with Crippen LogP contribution in [0.4, 0.5) is 0 Å². The van der Waals surface area contributed by atoms with Gasteiger partial charge in [0.15, 0.2) is 5.75 Å². The Labute approximate surface area is 128 Å². The number of rotatable bonds is 5. The molecule has 1 heterocycles. The van der Waals surface area contributed by atoms with Gasteiger partial charge in [-0.15, -0.1) is 0 Å². The van der Waals surface area contributed by atoms with Gasteiger partial charge in [0.05, 0.1) is 35.1 Å². The molecular formula is C14H17Cl2N3O. The molecule has 0 aliphatic carbocycles. The number of nitrogens with two attached hydrogens (primary N) is 1. The molecule has 0 spiro atoms. The Morgan fingerprint density at radius 3 is 2.70 bits per heavy atom. The highest BCUT2D eigenvalue weighted by Gasteiger charge is 2.18. The molecule has 6 heteroatoms. The molecule has 108 valence electrons. The molecule has 20 heavy (non-hydrogen) atoms. The van der Waals surface area contributed by atoms with Crippen LogP contribution in [0.15, 0.2) is 24.4 Å². The SMILES string of the molecule is CCn1ncc(OC)c1C(N)Cc1ccc(Cl)c(Cl)c1. The highest BCUT2D eigenvalue weighted by molar-refractivity contribution is 6.42. The van der Waals surface area contributed by atoms with E-state index in [2.05, 4.69) is 5.10 Å². The van der Waals surface area contributed by atoms with E-state index >= 15 is 0 Å². The Hall–Kier alpha value is -1.23. The van der Waals surface area contributed by atoms with E-state index in [4.69, 9.17) is 33.7 Å². The van der Waals surface area contributed by atoms with E-state index in [-0.39, 0.29) is 6.04 Å². The molecule has 0 aliphatic heterocycles. The largest absolute Gasteiger partial charge is 0.493 e. The van der Waals surface area contributed by atoms with Gasteiger partial charge in [0, 0.05) is 6.54 Å². The average Bonchev–Trinajstić information content (AvgIpc) is 2.86. The molecule has 2 rings (SSSR count). The lowest BCUT2D eigenvalue weighted by molar-refractivity contribution is 0.401. The van der Waals surface area contributed by atoms with Crippen LogP contribution in [-0.4, -0.2) is 16.9 Å². The third-order valence-electron chi connectivity index (χ3n) is 3.16. The predicted octanol–water partition coefficient (Wildman–Crippen LogP) is 3.46. The summed E-state index contributed by atoms with van der Waals surface area (Å²) in [5, 5.41) is 5.34. The lowest BCUT2D eigenvalue weighted by Gasteiger charge is -2.15. The number of nitrogens with zero attached hydrogens (tertiary/aromatic N) is 2. The van der Waals surface area contributed by atoms with Crippen LogP contribution in [0.25, 0.3) is 0 Å². The molecular weight excluding hydrogens is 297 g/mol. The Morgan fingerprint density at radius 1 is 1.35 bits per heavy atom. The number of halogens is 2. The van der Waals surface area contributed by atoms with Crippen LogP contribution in [-0.2, 0) is 13.0 Å². The first-order valence-corrected chi connectivity index (χ1v) is 7.11. The summed E-state index contributed by atoms with van der Waals surface area (Å²) < 4.78 is 7.17. The molecule has 0 saturated heterocycles. The fourth-order valence-corrected chi connectivity index (χ4v) is 2.50.